The molecule has 2 heterocycles. The van der Waals surface area contributed by atoms with Crippen LogP contribution in [-0.2, 0) is 13.0 Å². The molecule has 0 radical (unpaired) electrons. The van der Waals surface area contributed by atoms with Crippen LogP contribution in [0.25, 0.3) is 11.2 Å². The molecule has 0 aliphatic carbocycles. The van der Waals surface area contributed by atoms with Gasteiger partial charge in [0.1, 0.15) is 11.5 Å². The van der Waals surface area contributed by atoms with Gasteiger partial charge in [0.15, 0.2) is 5.65 Å². The molecule has 0 unspecified atom stereocenters. The fourth-order valence-electron chi connectivity index (χ4n) is 3.63. The smallest absolute Gasteiger partial charge is 0.206 e. The lowest BCUT2D eigenvalue weighted by molar-refractivity contribution is 0.273. The third-order valence-corrected chi connectivity index (χ3v) is 5.23. The number of pyridine rings is 1. The fourth-order valence-corrected chi connectivity index (χ4v) is 3.63. The lowest BCUT2D eigenvalue weighted by Gasteiger charge is -2.19. The van der Waals surface area contributed by atoms with E-state index >= 15 is 0 Å². The van der Waals surface area contributed by atoms with Crippen molar-refractivity contribution in [1.82, 2.24) is 14.5 Å². The molecule has 31 heavy (non-hydrogen) atoms. The maximum Gasteiger partial charge on any atom is 0.206 e. The molecular formula is C24H26N4O3. The van der Waals surface area contributed by atoms with Crippen molar-refractivity contribution in [2.24, 2.45) is 0 Å². The topological polar surface area (TPSA) is 81.4 Å². The number of fused-ring (bicyclic) bond motifs is 1. The number of rotatable bonds is 9. The Morgan fingerprint density at radius 1 is 1.03 bits per heavy atom. The number of hydrogen-bond donors (Lipinski definition) is 2. The Bertz CT molecular complexity index is 1140. The van der Waals surface area contributed by atoms with E-state index in [0.29, 0.717) is 24.6 Å². The zero-order valence-corrected chi connectivity index (χ0v) is 17.7. The van der Waals surface area contributed by atoms with Gasteiger partial charge in [-0.05, 0) is 36.2 Å². The molecule has 0 amide bonds. The highest BCUT2D eigenvalue weighted by molar-refractivity contribution is 5.74. The van der Waals surface area contributed by atoms with Crippen molar-refractivity contribution in [2.45, 2.75) is 19.0 Å². The van der Waals surface area contributed by atoms with E-state index in [4.69, 9.17) is 14.5 Å². The van der Waals surface area contributed by atoms with Gasteiger partial charge in [-0.2, -0.15) is 4.98 Å². The lowest BCUT2D eigenvalue weighted by atomic mass is 10.1. The highest BCUT2D eigenvalue weighted by Crippen LogP contribution is 2.28. The van der Waals surface area contributed by atoms with E-state index in [-0.39, 0.29) is 12.6 Å². The molecule has 2 aromatic carbocycles. The Hall–Kier alpha value is -3.58. The van der Waals surface area contributed by atoms with Crippen molar-refractivity contribution >= 4 is 17.1 Å². The number of nitrogens with zero attached hydrogens (tertiary/aromatic N) is 3. The van der Waals surface area contributed by atoms with Gasteiger partial charge in [0.25, 0.3) is 0 Å². The van der Waals surface area contributed by atoms with Gasteiger partial charge in [-0.25, -0.2) is 4.98 Å². The fraction of sp³-hybridized carbons (Fsp3) is 0.250. The predicted octanol–water partition coefficient (Wildman–Crippen LogP) is 3.51. The average Bonchev–Trinajstić information content (AvgIpc) is 3.16. The zero-order chi connectivity index (χ0) is 21.6. The van der Waals surface area contributed by atoms with Gasteiger partial charge in [0.2, 0.25) is 5.95 Å². The Kier molecular flexibility index (Phi) is 6.33. The first-order valence-corrected chi connectivity index (χ1v) is 10.1. The first kappa shape index (κ1) is 20.7. The second-order valence-electron chi connectivity index (χ2n) is 7.26. The van der Waals surface area contributed by atoms with E-state index in [9.17, 15) is 5.11 Å². The van der Waals surface area contributed by atoms with Crippen LogP contribution < -0.4 is 14.8 Å². The van der Waals surface area contributed by atoms with Crippen molar-refractivity contribution in [3.63, 3.8) is 0 Å². The van der Waals surface area contributed by atoms with Gasteiger partial charge in [-0.15, -0.1) is 0 Å². The van der Waals surface area contributed by atoms with Gasteiger partial charge in [-0.1, -0.05) is 30.3 Å². The van der Waals surface area contributed by atoms with Crippen LogP contribution in [0, 0.1) is 0 Å². The summed E-state index contributed by atoms with van der Waals surface area (Å²) < 4.78 is 13.0. The van der Waals surface area contributed by atoms with Crippen molar-refractivity contribution in [1.29, 1.82) is 0 Å². The number of anilines is 1. The first-order chi connectivity index (χ1) is 15.2. The van der Waals surface area contributed by atoms with E-state index in [1.165, 1.54) is 0 Å². The molecular weight excluding hydrogens is 392 g/mol. The summed E-state index contributed by atoms with van der Waals surface area (Å²) in [5.41, 5.74) is 3.68. The minimum Gasteiger partial charge on any atom is -0.497 e. The highest BCUT2D eigenvalue weighted by atomic mass is 16.5. The van der Waals surface area contributed by atoms with Crippen molar-refractivity contribution in [3.8, 4) is 11.5 Å². The van der Waals surface area contributed by atoms with E-state index in [1.807, 2.05) is 48.5 Å². The van der Waals surface area contributed by atoms with E-state index in [0.717, 1.165) is 28.1 Å². The second kappa shape index (κ2) is 9.49. The Morgan fingerprint density at radius 2 is 1.87 bits per heavy atom. The molecule has 0 saturated carbocycles. The van der Waals surface area contributed by atoms with Crippen molar-refractivity contribution in [3.05, 3.63) is 78.0 Å². The summed E-state index contributed by atoms with van der Waals surface area (Å²) in [4.78, 5) is 9.10. The van der Waals surface area contributed by atoms with E-state index in [1.54, 1.807) is 20.4 Å². The summed E-state index contributed by atoms with van der Waals surface area (Å²) in [7, 11) is 3.28. The predicted molar refractivity (Wildman–Crippen MR) is 121 cm³/mol. The minimum atomic E-state index is -0.185. The monoisotopic (exact) mass is 418 g/mol. The third kappa shape index (κ3) is 4.62. The second-order valence-corrected chi connectivity index (χ2v) is 7.26. The molecule has 0 bridgehead atoms. The number of aliphatic hydroxyl groups is 1. The molecule has 2 N–H and O–H groups in total. The van der Waals surface area contributed by atoms with Crippen LogP contribution in [0.1, 0.15) is 11.1 Å². The van der Waals surface area contributed by atoms with Crippen molar-refractivity contribution in [2.75, 3.05) is 26.1 Å². The van der Waals surface area contributed by atoms with Gasteiger partial charge >= 0.3 is 0 Å². The number of methoxy groups -OCH3 is 2. The van der Waals surface area contributed by atoms with Crippen LogP contribution in [0.5, 0.6) is 11.5 Å². The number of imidazole rings is 1. The standard InChI is InChI=1S/C24H26N4O3/c1-30-20-11-10-18(22(14-20)31-2)15-28-21-9-6-12-25-23(21)27-24(28)26-19(16-29)13-17-7-4-3-5-8-17/h3-12,14,19,29H,13,15-16H2,1-2H3,(H,25,26,27)/t19-/m1/s1. The molecule has 160 valence electrons. The average molecular weight is 418 g/mol. The van der Waals surface area contributed by atoms with Crippen LogP contribution in [0.2, 0.25) is 0 Å². The zero-order valence-electron chi connectivity index (χ0n) is 17.7. The minimum absolute atomic E-state index is 0.0165. The summed E-state index contributed by atoms with van der Waals surface area (Å²) in [5, 5.41) is 13.4. The maximum atomic E-state index is 9.99. The number of aromatic nitrogens is 3. The molecule has 4 aromatic rings. The number of benzene rings is 2. The third-order valence-electron chi connectivity index (χ3n) is 5.23. The normalized spacial score (nSPS) is 12.0. The van der Waals surface area contributed by atoms with Crippen LogP contribution in [-0.4, -0.2) is 46.5 Å². The van der Waals surface area contributed by atoms with Gasteiger partial charge in [-0.3, -0.25) is 0 Å². The SMILES string of the molecule is COc1ccc(Cn2c(N[C@@H](CO)Cc3ccccc3)nc3ncccc32)c(OC)c1. The summed E-state index contributed by atoms with van der Waals surface area (Å²) in [6.45, 7) is 0.512. The number of ether oxygens (including phenoxy) is 2. The Labute approximate surface area is 181 Å². The van der Waals surface area contributed by atoms with Crippen molar-refractivity contribution < 1.29 is 14.6 Å². The summed E-state index contributed by atoms with van der Waals surface area (Å²) >= 11 is 0. The molecule has 7 heteroatoms. The summed E-state index contributed by atoms with van der Waals surface area (Å²) in [6.07, 6.45) is 2.41. The Balaban J connectivity index is 1.67. The van der Waals surface area contributed by atoms with E-state index in [2.05, 4.69) is 27.0 Å². The molecule has 2 aromatic heterocycles. The molecule has 1 atom stereocenters. The van der Waals surface area contributed by atoms with Crippen LogP contribution >= 0.6 is 0 Å². The molecule has 4 rings (SSSR count). The maximum absolute atomic E-state index is 9.99. The number of aliphatic hydroxyl groups excluding tert-OH is 1. The summed E-state index contributed by atoms with van der Waals surface area (Å²) in [5.74, 6) is 2.12. The molecule has 0 aliphatic rings. The quantitative estimate of drug-likeness (QED) is 0.433. The van der Waals surface area contributed by atoms with E-state index < -0.39 is 0 Å². The van der Waals surface area contributed by atoms with Gasteiger partial charge in [0.05, 0.1) is 38.9 Å². The highest BCUT2D eigenvalue weighted by Gasteiger charge is 2.17. The first-order valence-electron chi connectivity index (χ1n) is 10.1. The molecule has 7 nitrogen and oxygen atoms in total. The van der Waals surface area contributed by atoms with Crippen LogP contribution in [0.3, 0.4) is 0 Å². The molecule has 0 aliphatic heterocycles. The van der Waals surface area contributed by atoms with Gasteiger partial charge in [0, 0.05) is 17.8 Å². The Morgan fingerprint density at radius 3 is 2.61 bits per heavy atom. The summed E-state index contributed by atoms with van der Waals surface area (Å²) in [6, 6.07) is 19.5. The molecule has 0 spiro atoms. The molecule has 0 saturated heterocycles. The van der Waals surface area contributed by atoms with Gasteiger partial charge < -0.3 is 24.5 Å². The van der Waals surface area contributed by atoms with Crippen LogP contribution in [0.15, 0.2) is 66.9 Å². The number of nitrogens with one attached hydrogen (secondary N) is 1. The van der Waals surface area contributed by atoms with Crippen LogP contribution in [0.4, 0.5) is 5.95 Å². The number of hydrogen-bond acceptors (Lipinski definition) is 6. The largest absolute Gasteiger partial charge is 0.497 e. The molecule has 0 fully saturated rings. The lowest BCUT2D eigenvalue weighted by Crippen LogP contribution is -2.28.